The van der Waals surface area contributed by atoms with Crippen molar-refractivity contribution in [2.45, 2.75) is 34.2 Å². The van der Waals surface area contributed by atoms with Crippen LogP contribution in [0.5, 0.6) is 0 Å². The van der Waals surface area contributed by atoms with Gasteiger partial charge in [-0.3, -0.25) is 0 Å². The maximum Gasteiger partial charge on any atom is 0.224 e. The van der Waals surface area contributed by atoms with Crippen LogP contribution in [0.3, 0.4) is 0 Å². The monoisotopic (exact) mass is 284 g/mol. The van der Waals surface area contributed by atoms with Crippen LogP contribution in [0, 0.1) is 19.8 Å². The van der Waals surface area contributed by atoms with E-state index >= 15 is 0 Å². The van der Waals surface area contributed by atoms with Gasteiger partial charge in [0.15, 0.2) is 0 Å². The van der Waals surface area contributed by atoms with Crippen LogP contribution in [0.4, 0.5) is 11.8 Å². The molecule has 0 saturated carbocycles. The van der Waals surface area contributed by atoms with Gasteiger partial charge in [0.1, 0.15) is 5.82 Å². The Kier molecular flexibility index (Phi) is 5.14. The lowest BCUT2D eigenvalue weighted by molar-refractivity contribution is 0.684. The minimum absolute atomic E-state index is 0.567. The van der Waals surface area contributed by atoms with Crippen molar-refractivity contribution in [3.05, 3.63) is 47.2 Å². The average molecular weight is 284 g/mol. The first-order chi connectivity index (χ1) is 10.0. The van der Waals surface area contributed by atoms with E-state index in [2.05, 4.69) is 65.6 Å². The Morgan fingerprint density at radius 1 is 1.05 bits per heavy atom. The number of benzene rings is 1. The van der Waals surface area contributed by atoms with Crippen molar-refractivity contribution < 1.29 is 0 Å². The Morgan fingerprint density at radius 2 is 1.86 bits per heavy atom. The molecule has 0 spiro atoms. The third-order valence-corrected chi connectivity index (χ3v) is 3.08. The molecule has 1 aromatic carbocycles. The molecule has 0 bridgehead atoms. The zero-order valence-electron chi connectivity index (χ0n) is 13.3. The Balaban J connectivity index is 2.02. The number of aryl methyl sites for hydroxylation is 2. The number of aromatic nitrogens is 2. The topological polar surface area (TPSA) is 49.8 Å². The summed E-state index contributed by atoms with van der Waals surface area (Å²) >= 11 is 0. The number of rotatable bonds is 6. The molecule has 112 valence electrons. The molecule has 0 amide bonds. The van der Waals surface area contributed by atoms with Gasteiger partial charge in [0.05, 0.1) is 0 Å². The largest absolute Gasteiger partial charge is 0.366 e. The number of nitrogens with zero attached hydrogens (tertiary/aromatic N) is 2. The van der Waals surface area contributed by atoms with Gasteiger partial charge in [0, 0.05) is 24.8 Å². The molecule has 21 heavy (non-hydrogen) atoms. The Labute approximate surface area is 127 Å². The van der Waals surface area contributed by atoms with Gasteiger partial charge in [-0.15, -0.1) is 0 Å². The molecule has 0 aliphatic carbocycles. The van der Waals surface area contributed by atoms with E-state index in [1.165, 1.54) is 11.1 Å². The Morgan fingerprint density at radius 3 is 2.57 bits per heavy atom. The standard InChI is InChI=1S/C17H24N4/c1-12(2)10-19-17-20-14(4)9-16(21-17)18-11-15-7-5-6-13(3)8-15/h5-9,12H,10-11H2,1-4H3,(H2,18,19,20,21). The molecule has 0 aliphatic heterocycles. The maximum absolute atomic E-state index is 4.51. The zero-order valence-corrected chi connectivity index (χ0v) is 13.3. The second kappa shape index (κ2) is 7.07. The first-order valence-corrected chi connectivity index (χ1v) is 7.42. The normalized spacial score (nSPS) is 10.7. The maximum atomic E-state index is 4.51. The van der Waals surface area contributed by atoms with E-state index in [9.17, 15) is 0 Å². The molecule has 2 N–H and O–H groups in total. The number of anilines is 2. The smallest absolute Gasteiger partial charge is 0.224 e. The highest BCUT2D eigenvalue weighted by atomic mass is 15.1. The van der Waals surface area contributed by atoms with Gasteiger partial charge >= 0.3 is 0 Å². The van der Waals surface area contributed by atoms with Gasteiger partial charge < -0.3 is 10.6 Å². The van der Waals surface area contributed by atoms with Gasteiger partial charge in [-0.05, 0) is 25.3 Å². The van der Waals surface area contributed by atoms with Gasteiger partial charge in [-0.1, -0.05) is 43.7 Å². The summed E-state index contributed by atoms with van der Waals surface area (Å²) in [6.07, 6.45) is 0. The average Bonchev–Trinajstić information content (AvgIpc) is 2.43. The van der Waals surface area contributed by atoms with Crippen LogP contribution < -0.4 is 10.6 Å². The molecule has 0 aliphatic rings. The highest BCUT2D eigenvalue weighted by Crippen LogP contribution is 2.12. The van der Waals surface area contributed by atoms with E-state index < -0.39 is 0 Å². The molecule has 0 saturated heterocycles. The second-order valence-corrected chi connectivity index (χ2v) is 5.84. The van der Waals surface area contributed by atoms with Crippen LogP contribution in [-0.4, -0.2) is 16.5 Å². The van der Waals surface area contributed by atoms with E-state index in [0.29, 0.717) is 11.9 Å². The molecule has 2 aromatic rings. The van der Waals surface area contributed by atoms with Gasteiger partial charge in [-0.25, -0.2) is 4.98 Å². The third kappa shape index (κ3) is 5.06. The van der Waals surface area contributed by atoms with Crippen molar-refractivity contribution in [1.29, 1.82) is 0 Å². The fraction of sp³-hybridized carbons (Fsp3) is 0.412. The van der Waals surface area contributed by atoms with Crippen LogP contribution in [0.15, 0.2) is 30.3 Å². The molecular weight excluding hydrogens is 260 g/mol. The summed E-state index contributed by atoms with van der Waals surface area (Å²) in [6.45, 7) is 10.1. The minimum atomic E-state index is 0.567. The molecule has 0 radical (unpaired) electrons. The Hall–Kier alpha value is -2.10. The molecule has 0 atom stereocenters. The van der Waals surface area contributed by atoms with E-state index in [1.54, 1.807) is 0 Å². The van der Waals surface area contributed by atoms with E-state index in [-0.39, 0.29) is 0 Å². The molecule has 1 aromatic heterocycles. The van der Waals surface area contributed by atoms with Crippen molar-refractivity contribution in [2.75, 3.05) is 17.2 Å². The van der Waals surface area contributed by atoms with Crippen molar-refractivity contribution in [2.24, 2.45) is 5.92 Å². The molecular formula is C17H24N4. The van der Waals surface area contributed by atoms with Crippen LogP contribution in [0.1, 0.15) is 30.7 Å². The van der Waals surface area contributed by atoms with Gasteiger partial charge in [-0.2, -0.15) is 4.98 Å². The molecule has 4 heteroatoms. The predicted octanol–water partition coefficient (Wildman–Crippen LogP) is 3.77. The van der Waals surface area contributed by atoms with E-state index in [1.807, 2.05) is 13.0 Å². The molecule has 0 fully saturated rings. The minimum Gasteiger partial charge on any atom is -0.366 e. The lowest BCUT2D eigenvalue weighted by Gasteiger charge is -2.11. The van der Waals surface area contributed by atoms with Crippen LogP contribution in [0.2, 0.25) is 0 Å². The summed E-state index contributed by atoms with van der Waals surface area (Å²) in [5.41, 5.74) is 3.48. The molecule has 1 heterocycles. The Bertz CT molecular complexity index is 593. The van der Waals surface area contributed by atoms with Crippen LogP contribution in [-0.2, 0) is 6.54 Å². The fourth-order valence-corrected chi connectivity index (χ4v) is 2.05. The number of hydrogen-bond donors (Lipinski definition) is 2. The lowest BCUT2D eigenvalue weighted by atomic mass is 10.1. The summed E-state index contributed by atoms with van der Waals surface area (Å²) < 4.78 is 0. The summed E-state index contributed by atoms with van der Waals surface area (Å²) in [7, 11) is 0. The first kappa shape index (κ1) is 15.3. The van der Waals surface area contributed by atoms with Crippen molar-refractivity contribution in [1.82, 2.24) is 9.97 Å². The van der Waals surface area contributed by atoms with E-state index in [0.717, 1.165) is 24.6 Å². The van der Waals surface area contributed by atoms with Crippen molar-refractivity contribution in [3.63, 3.8) is 0 Å². The number of hydrogen-bond acceptors (Lipinski definition) is 4. The summed E-state index contributed by atoms with van der Waals surface area (Å²) in [5, 5.41) is 6.64. The van der Waals surface area contributed by atoms with Crippen molar-refractivity contribution in [3.8, 4) is 0 Å². The van der Waals surface area contributed by atoms with Gasteiger partial charge in [0.25, 0.3) is 0 Å². The first-order valence-electron chi connectivity index (χ1n) is 7.42. The lowest BCUT2D eigenvalue weighted by Crippen LogP contribution is -2.12. The molecule has 2 rings (SSSR count). The van der Waals surface area contributed by atoms with E-state index in [4.69, 9.17) is 0 Å². The molecule has 4 nitrogen and oxygen atoms in total. The second-order valence-electron chi connectivity index (χ2n) is 5.84. The predicted molar refractivity (Wildman–Crippen MR) is 88.6 cm³/mol. The van der Waals surface area contributed by atoms with Crippen LogP contribution in [0.25, 0.3) is 0 Å². The SMILES string of the molecule is Cc1cccc(CNc2cc(C)nc(NCC(C)C)n2)c1. The summed E-state index contributed by atoms with van der Waals surface area (Å²) in [5.74, 6) is 2.11. The highest BCUT2D eigenvalue weighted by Gasteiger charge is 2.03. The van der Waals surface area contributed by atoms with Crippen LogP contribution >= 0.6 is 0 Å². The third-order valence-electron chi connectivity index (χ3n) is 3.08. The summed E-state index contributed by atoms with van der Waals surface area (Å²) in [6, 6.07) is 10.4. The zero-order chi connectivity index (χ0) is 15.2. The molecule has 0 unspecified atom stereocenters. The van der Waals surface area contributed by atoms with Crippen molar-refractivity contribution >= 4 is 11.8 Å². The summed E-state index contributed by atoms with van der Waals surface area (Å²) in [4.78, 5) is 8.92. The van der Waals surface area contributed by atoms with Gasteiger partial charge in [0.2, 0.25) is 5.95 Å². The number of nitrogens with one attached hydrogen (secondary N) is 2. The fourth-order valence-electron chi connectivity index (χ4n) is 2.05. The quantitative estimate of drug-likeness (QED) is 0.847. The highest BCUT2D eigenvalue weighted by molar-refractivity contribution is 5.43.